The molecule has 0 bridgehead atoms. The van der Waals surface area contributed by atoms with Crippen LogP contribution in [0, 0.1) is 5.82 Å². The largest absolute Gasteiger partial charge is 0.495 e. The standard InChI is InChI=1S/C15H16FNO3S/c1-20-13-7-2-3-8-14(13)21(18,19)10-12-6-4-5-11(9-17)15(12)16/h2-8H,9-10,17H2,1H3. The van der Waals surface area contributed by atoms with E-state index in [0.717, 1.165) is 0 Å². The molecule has 0 aliphatic carbocycles. The van der Waals surface area contributed by atoms with Crippen LogP contribution in [0.3, 0.4) is 0 Å². The van der Waals surface area contributed by atoms with Gasteiger partial charge in [-0.15, -0.1) is 0 Å². The van der Waals surface area contributed by atoms with E-state index in [-0.39, 0.29) is 22.8 Å². The van der Waals surface area contributed by atoms with Crippen molar-refractivity contribution in [3.8, 4) is 5.75 Å². The predicted molar refractivity (Wildman–Crippen MR) is 78.2 cm³/mol. The molecule has 0 radical (unpaired) electrons. The molecule has 0 saturated carbocycles. The predicted octanol–water partition coefficient (Wildman–Crippen LogP) is 2.27. The summed E-state index contributed by atoms with van der Waals surface area (Å²) in [5.41, 5.74) is 5.83. The Balaban J connectivity index is 2.43. The molecule has 0 atom stereocenters. The first kappa shape index (κ1) is 15.5. The van der Waals surface area contributed by atoms with Crippen LogP contribution in [-0.2, 0) is 22.1 Å². The van der Waals surface area contributed by atoms with Crippen molar-refractivity contribution >= 4 is 9.84 Å². The molecule has 0 unspecified atom stereocenters. The molecule has 2 rings (SSSR count). The van der Waals surface area contributed by atoms with Gasteiger partial charge in [-0.3, -0.25) is 0 Å². The molecule has 0 aliphatic rings. The highest BCUT2D eigenvalue weighted by molar-refractivity contribution is 7.90. The van der Waals surface area contributed by atoms with Crippen LogP contribution in [-0.4, -0.2) is 15.5 Å². The van der Waals surface area contributed by atoms with Crippen LogP contribution in [0.4, 0.5) is 4.39 Å². The van der Waals surface area contributed by atoms with E-state index < -0.39 is 21.4 Å². The van der Waals surface area contributed by atoms with Gasteiger partial charge >= 0.3 is 0 Å². The fourth-order valence-electron chi connectivity index (χ4n) is 2.06. The van der Waals surface area contributed by atoms with E-state index in [1.807, 2.05) is 0 Å². The van der Waals surface area contributed by atoms with Gasteiger partial charge in [0.05, 0.1) is 12.9 Å². The van der Waals surface area contributed by atoms with E-state index in [4.69, 9.17) is 10.5 Å². The Morgan fingerprint density at radius 1 is 1.10 bits per heavy atom. The van der Waals surface area contributed by atoms with Gasteiger partial charge in [0.15, 0.2) is 9.84 Å². The maximum Gasteiger partial charge on any atom is 0.186 e. The summed E-state index contributed by atoms with van der Waals surface area (Å²) in [6.45, 7) is 0.0222. The fourth-order valence-corrected chi connectivity index (χ4v) is 3.59. The molecule has 0 amide bonds. The highest BCUT2D eigenvalue weighted by Gasteiger charge is 2.22. The van der Waals surface area contributed by atoms with Crippen molar-refractivity contribution in [3.63, 3.8) is 0 Å². The maximum atomic E-state index is 14.1. The molecule has 0 fully saturated rings. The topological polar surface area (TPSA) is 69.4 Å². The third-order valence-corrected chi connectivity index (χ3v) is 4.83. The molecule has 112 valence electrons. The molecule has 2 aromatic rings. The van der Waals surface area contributed by atoms with E-state index in [1.54, 1.807) is 24.3 Å². The average Bonchev–Trinajstić information content (AvgIpc) is 2.49. The first-order valence-electron chi connectivity index (χ1n) is 6.31. The van der Waals surface area contributed by atoms with E-state index in [9.17, 15) is 12.8 Å². The molecule has 21 heavy (non-hydrogen) atoms. The van der Waals surface area contributed by atoms with E-state index in [1.165, 1.54) is 25.3 Å². The van der Waals surface area contributed by atoms with Gasteiger partial charge in [-0.25, -0.2) is 12.8 Å². The van der Waals surface area contributed by atoms with Crippen molar-refractivity contribution < 1.29 is 17.5 Å². The van der Waals surface area contributed by atoms with Gasteiger partial charge in [-0.1, -0.05) is 30.3 Å². The minimum Gasteiger partial charge on any atom is -0.495 e. The summed E-state index contributed by atoms with van der Waals surface area (Å²) in [5, 5.41) is 0. The number of methoxy groups -OCH3 is 1. The van der Waals surface area contributed by atoms with Crippen LogP contribution < -0.4 is 10.5 Å². The summed E-state index contributed by atoms with van der Waals surface area (Å²) >= 11 is 0. The smallest absolute Gasteiger partial charge is 0.186 e. The zero-order valence-electron chi connectivity index (χ0n) is 11.5. The SMILES string of the molecule is COc1ccccc1S(=O)(=O)Cc1cccc(CN)c1F. The molecule has 0 aliphatic heterocycles. The van der Waals surface area contributed by atoms with Crippen molar-refractivity contribution in [1.82, 2.24) is 0 Å². The van der Waals surface area contributed by atoms with Gasteiger partial charge in [0.1, 0.15) is 16.5 Å². The number of para-hydroxylation sites is 1. The van der Waals surface area contributed by atoms with Crippen LogP contribution in [0.5, 0.6) is 5.75 Å². The third kappa shape index (κ3) is 3.22. The summed E-state index contributed by atoms with van der Waals surface area (Å²) in [5.74, 6) is -0.765. The highest BCUT2D eigenvalue weighted by atomic mass is 32.2. The normalized spacial score (nSPS) is 11.4. The minimum absolute atomic E-state index is 0.0222. The van der Waals surface area contributed by atoms with Gasteiger partial charge in [-0.2, -0.15) is 0 Å². The van der Waals surface area contributed by atoms with Crippen molar-refractivity contribution in [1.29, 1.82) is 0 Å². The second kappa shape index (κ2) is 6.24. The van der Waals surface area contributed by atoms with Gasteiger partial charge < -0.3 is 10.5 Å². The Morgan fingerprint density at radius 3 is 2.43 bits per heavy atom. The quantitative estimate of drug-likeness (QED) is 0.920. The highest BCUT2D eigenvalue weighted by Crippen LogP contribution is 2.27. The Bertz CT molecular complexity index is 744. The molecule has 6 heteroatoms. The number of ether oxygens (including phenoxy) is 1. The van der Waals surface area contributed by atoms with Crippen molar-refractivity contribution in [2.75, 3.05) is 7.11 Å². The maximum absolute atomic E-state index is 14.1. The van der Waals surface area contributed by atoms with Crippen LogP contribution >= 0.6 is 0 Å². The van der Waals surface area contributed by atoms with Gasteiger partial charge in [0.25, 0.3) is 0 Å². The Labute approximate surface area is 123 Å². The van der Waals surface area contributed by atoms with E-state index >= 15 is 0 Å². The Kier molecular flexibility index (Phi) is 4.59. The lowest BCUT2D eigenvalue weighted by atomic mass is 10.1. The summed E-state index contributed by atoms with van der Waals surface area (Å²) in [6.07, 6.45) is 0. The number of hydrogen-bond donors (Lipinski definition) is 1. The van der Waals surface area contributed by atoms with Crippen LogP contribution in [0.25, 0.3) is 0 Å². The molecule has 0 spiro atoms. The van der Waals surface area contributed by atoms with E-state index in [2.05, 4.69) is 0 Å². The molecule has 0 saturated heterocycles. The zero-order valence-corrected chi connectivity index (χ0v) is 12.4. The Hall–Kier alpha value is -1.92. The number of rotatable bonds is 5. The lowest BCUT2D eigenvalue weighted by Gasteiger charge is -2.11. The van der Waals surface area contributed by atoms with Crippen molar-refractivity contribution in [2.24, 2.45) is 5.73 Å². The molecule has 2 aromatic carbocycles. The van der Waals surface area contributed by atoms with Crippen LogP contribution in [0.2, 0.25) is 0 Å². The third-order valence-electron chi connectivity index (χ3n) is 3.13. The zero-order chi connectivity index (χ0) is 15.5. The average molecular weight is 309 g/mol. The molecule has 2 N–H and O–H groups in total. The summed E-state index contributed by atoms with van der Waals surface area (Å²) < 4.78 is 44.1. The molecule has 0 heterocycles. The second-order valence-corrected chi connectivity index (χ2v) is 6.46. The number of halogens is 1. The number of benzene rings is 2. The first-order chi connectivity index (χ1) is 9.99. The molecule has 0 aromatic heterocycles. The van der Waals surface area contributed by atoms with Crippen LogP contribution in [0.15, 0.2) is 47.4 Å². The number of hydrogen-bond acceptors (Lipinski definition) is 4. The fraction of sp³-hybridized carbons (Fsp3) is 0.200. The Morgan fingerprint density at radius 2 is 1.76 bits per heavy atom. The minimum atomic E-state index is -3.71. The molecule has 4 nitrogen and oxygen atoms in total. The monoisotopic (exact) mass is 309 g/mol. The summed E-state index contributed by atoms with van der Waals surface area (Å²) in [4.78, 5) is 0.0463. The number of sulfone groups is 1. The summed E-state index contributed by atoms with van der Waals surface area (Å²) in [7, 11) is -2.32. The van der Waals surface area contributed by atoms with Gasteiger partial charge in [0.2, 0.25) is 0 Å². The molecular formula is C15H16FNO3S. The van der Waals surface area contributed by atoms with Crippen molar-refractivity contribution in [2.45, 2.75) is 17.2 Å². The van der Waals surface area contributed by atoms with Crippen molar-refractivity contribution in [3.05, 3.63) is 59.4 Å². The van der Waals surface area contributed by atoms with Gasteiger partial charge in [0, 0.05) is 17.7 Å². The van der Waals surface area contributed by atoms with E-state index in [0.29, 0.717) is 5.56 Å². The first-order valence-corrected chi connectivity index (χ1v) is 7.97. The van der Waals surface area contributed by atoms with Crippen LogP contribution in [0.1, 0.15) is 11.1 Å². The number of nitrogens with two attached hydrogens (primary N) is 1. The lowest BCUT2D eigenvalue weighted by molar-refractivity contribution is 0.402. The molecular weight excluding hydrogens is 293 g/mol. The lowest BCUT2D eigenvalue weighted by Crippen LogP contribution is -2.10. The second-order valence-electron chi connectivity index (χ2n) is 4.50. The summed E-state index contributed by atoms with van der Waals surface area (Å²) in [6, 6.07) is 10.8. The van der Waals surface area contributed by atoms with Gasteiger partial charge in [-0.05, 0) is 12.1 Å².